The van der Waals surface area contributed by atoms with Gasteiger partial charge in [-0.1, -0.05) is 18.2 Å². The van der Waals surface area contributed by atoms with Crippen LogP contribution in [0.3, 0.4) is 0 Å². The molecule has 0 heterocycles. The average Bonchev–Trinajstić information content (AvgIpc) is 2.01. The Bertz CT molecular complexity index is 341. The maximum atomic E-state index is 9.86. The number of para-hydroxylation sites is 1. The largest absolute Gasteiger partial charge is 0.325 e. The first-order valence-corrected chi connectivity index (χ1v) is 5.84. The molecule has 0 spiro atoms. The van der Waals surface area contributed by atoms with E-state index in [1.807, 2.05) is 5.43 Å². The zero-order valence-electron chi connectivity index (χ0n) is 7.90. The molecular formula is C7H11N2O5P. The van der Waals surface area contributed by atoms with Crippen molar-refractivity contribution in [2.24, 2.45) is 0 Å². The van der Waals surface area contributed by atoms with Crippen LogP contribution < -0.4 is 5.43 Å². The summed E-state index contributed by atoms with van der Waals surface area (Å²) in [6, 6.07) is 8.51. The summed E-state index contributed by atoms with van der Waals surface area (Å²) in [5, 5.41) is 9.28. The minimum absolute atomic E-state index is 0.493. The Morgan fingerprint density at radius 1 is 1.33 bits per heavy atom. The summed E-state index contributed by atoms with van der Waals surface area (Å²) in [6.07, 6.45) is 0. The number of nitro groups is 1. The van der Waals surface area contributed by atoms with Gasteiger partial charge in [0.2, 0.25) is 0 Å². The molecule has 0 aliphatic heterocycles. The SMILES string of the molecule is CP(=O)(O)O.O=[N+]([O-])Nc1ccccc1. The van der Waals surface area contributed by atoms with Crippen molar-refractivity contribution in [3.8, 4) is 0 Å². The molecule has 1 aromatic rings. The van der Waals surface area contributed by atoms with Crippen LogP contribution in [0.4, 0.5) is 5.69 Å². The van der Waals surface area contributed by atoms with Gasteiger partial charge >= 0.3 is 7.60 Å². The molecule has 1 aromatic carbocycles. The fourth-order valence-electron chi connectivity index (χ4n) is 0.618. The van der Waals surface area contributed by atoms with E-state index in [9.17, 15) is 14.7 Å². The van der Waals surface area contributed by atoms with Crippen molar-refractivity contribution < 1.29 is 19.4 Å². The van der Waals surface area contributed by atoms with E-state index in [4.69, 9.17) is 9.79 Å². The Morgan fingerprint density at radius 2 is 1.73 bits per heavy atom. The van der Waals surface area contributed by atoms with Crippen molar-refractivity contribution in [1.29, 1.82) is 0 Å². The highest BCUT2D eigenvalue weighted by Gasteiger charge is 1.95. The second-order valence-corrected chi connectivity index (χ2v) is 4.24. The van der Waals surface area contributed by atoms with E-state index in [1.165, 1.54) is 0 Å². The minimum Gasteiger partial charge on any atom is -0.325 e. The van der Waals surface area contributed by atoms with Gasteiger partial charge in [-0.15, -0.1) is 5.43 Å². The molecule has 0 radical (unpaired) electrons. The van der Waals surface area contributed by atoms with Crippen LogP contribution in [-0.2, 0) is 4.57 Å². The van der Waals surface area contributed by atoms with Crippen LogP contribution in [0.5, 0.6) is 0 Å². The first kappa shape index (κ1) is 13.6. The van der Waals surface area contributed by atoms with E-state index in [0.29, 0.717) is 5.69 Å². The van der Waals surface area contributed by atoms with Crippen molar-refractivity contribution >= 4 is 13.3 Å². The van der Waals surface area contributed by atoms with Gasteiger partial charge in [0.25, 0.3) is 0 Å². The predicted molar refractivity (Wildman–Crippen MR) is 55.0 cm³/mol. The molecule has 0 amide bonds. The molecular weight excluding hydrogens is 223 g/mol. The second kappa shape index (κ2) is 6.13. The summed E-state index contributed by atoms with van der Waals surface area (Å²) < 4.78 is 9.33. The molecule has 8 heteroatoms. The maximum Gasteiger partial charge on any atom is 0.322 e. The summed E-state index contributed by atoms with van der Waals surface area (Å²) in [7, 11) is -3.64. The minimum atomic E-state index is -3.64. The van der Waals surface area contributed by atoms with Crippen molar-refractivity contribution in [2.45, 2.75) is 0 Å². The Kier molecular flexibility index (Phi) is 5.54. The number of hydrogen-bond donors (Lipinski definition) is 3. The van der Waals surface area contributed by atoms with Crippen LogP contribution in [0.25, 0.3) is 0 Å². The Hall–Kier alpha value is -1.43. The number of hydrazine groups is 1. The van der Waals surface area contributed by atoms with Crippen molar-refractivity contribution in [1.82, 2.24) is 0 Å². The van der Waals surface area contributed by atoms with Crippen LogP contribution >= 0.6 is 7.60 Å². The third kappa shape index (κ3) is 12.6. The Balaban J connectivity index is 0.000000336. The monoisotopic (exact) mass is 234 g/mol. The van der Waals surface area contributed by atoms with Crippen LogP contribution in [-0.4, -0.2) is 21.5 Å². The molecule has 84 valence electrons. The van der Waals surface area contributed by atoms with Gasteiger partial charge in [0.1, 0.15) is 5.69 Å². The van der Waals surface area contributed by atoms with Crippen molar-refractivity contribution in [2.75, 3.05) is 12.1 Å². The molecule has 7 nitrogen and oxygen atoms in total. The fraction of sp³-hybridized carbons (Fsp3) is 0.143. The van der Waals surface area contributed by atoms with E-state index >= 15 is 0 Å². The zero-order chi connectivity index (χ0) is 11.9. The standard InChI is InChI=1S/C6H6N2O2.CH5O3P/c9-8(10)7-6-4-2-1-3-5-6;1-5(2,3)4/h1-5,7H;1H3,(H2,2,3,4). The smallest absolute Gasteiger partial charge is 0.322 e. The molecule has 0 saturated carbocycles. The third-order valence-corrected chi connectivity index (χ3v) is 0.994. The lowest BCUT2D eigenvalue weighted by Gasteiger charge is -1.93. The van der Waals surface area contributed by atoms with E-state index in [-0.39, 0.29) is 0 Å². The van der Waals surface area contributed by atoms with Gasteiger partial charge in [-0.2, -0.15) is 0 Å². The number of nitrogens with zero attached hydrogens (tertiary/aromatic N) is 1. The molecule has 0 fully saturated rings. The number of rotatable bonds is 2. The quantitative estimate of drug-likeness (QED) is 0.401. The average molecular weight is 234 g/mol. The molecule has 3 N–H and O–H groups in total. The first-order valence-electron chi connectivity index (χ1n) is 3.78. The lowest BCUT2D eigenvalue weighted by atomic mass is 10.3. The Morgan fingerprint density at radius 3 is 2.07 bits per heavy atom. The third-order valence-electron chi connectivity index (χ3n) is 0.994. The highest BCUT2D eigenvalue weighted by Crippen LogP contribution is 2.26. The predicted octanol–water partition coefficient (Wildman–Crippen LogP) is 1.08. The van der Waals surface area contributed by atoms with Gasteiger partial charge in [-0.3, -0.25) is 4.57 Å². The van der Waals surface area contributed by atoms with Gasteiger partial charge in [-0.25, -0.2) is 10.1 Å². The fourth-order valence-corrected chi connectivity index (χ4v) is 0.618. The van der Waals surface area contributed by atoms with Gasteiger partial charge < -0.3 is 9.79 Å². The van der Waals surface area contributed by atoms with Crippen LogP contribution in [0.15, 0.2) is 30.3 Å². The highest BCUT2D eigenvalue weighted by atomic mass is 31.2. The summed E-state index contributed by atoms with van der Waals surface area (Å²) in [5.74, 6) is 0. The topological polar surface area (TPSA) is 113 Å². The summed E-state index contributed by atoms with van der Waals surface area (Å²) in [6.45, 7) is 0.854. The molecule has 0 saturated heterocycles. The molecule has 0 aromatic heterocycles. The maximum absolute atomic E-state index is 9.86. The van der Waals surface area contributed by atoms with E-state index in [0.717, 1.165) is 6.66 Å². The molecule has 15 heavy (non-hydrogen) atoms. The van der Waals surface area contributed by atoms with Crippen molar-refractivity contribution in [3.05, 3.63) is 40.4 Å². The summed E-state index contributed by atoms with van der Waals surface area (Å²) >= 11 is 0. The van der Waals surface area contributed by atoms with E-state index in [2.05, 4.69) is 0 Å². The number of hydrogen-bond acceptors (Lipinski definition) is 3. The zero-order valence-corrected chi connectivity index (χ0v) is 8.79. The van der Waals surface area contributed by atoms with Gasteiger partial charge in [0.15, 0.2) is 5.03 Å². The van der Waals surface area contributed by atoms with E-state index in [1.54, 1.807) is 30.3 Å². The van der Waals surface area contributed by atoms with Gasteiger partial charge in [0, 0.05) is 6.66 Å². The van der Waals surface area contributed by atoms with Crippen LogP contribution in [0, 0.1) is 10.1 Å². The molecule has 0 bridgehead atoms. The highest BCUT2D eigenvalue weighted by molar-refractivity contribution is 7.50. The molecule has 0 unspecified atom stereocenters. The van der Waals surface area contributed by atoms with Crippen LogP contribution in [0.2, 0.25) is 0 Å². The number of anilines is 1. The molecule has 0 aliphatic rings. The Labute approximate surface area is 86.0 Å². The second-order valence-electron chi connectivity index (χ2n) is 2.57. The van der Waals surface area contributed by atoms with Gasteiger partial charge in [-0.05, 0) is 12.1 Å². The summed E-state index contributed by atoms with van der Waals surface area (Å²) in [5.41, 5.74) is 2.52. The first-order chi connectivity index (χ1) is 6.79. The van der Waals surface area contributed by atoms with E-state index < -0.39 is 12.6 Å². The number of nitrogens with one attached hydrogen (secondary N) is 1. The van der Waals surface area contributed by atoms with Crippen LogP contribution in [0.1, 0.15) is 0 Å². The molecule has 0 atom stereocenters. The lowest BCUT2D eigenvalue weighted by molar-refractivity contribution is -0.445. The van der Waals surface area contributed by atoms with Crippen molar-refractivity contribution in [3.63, 3.8) is 0 Å². The summed E-state index contributed by atoms with van der Waals surface area (Å²) in [4.78, 5) is 25.1. The number of benzene rings is 1. The molecule has 1 rings (SSSR count). The normalized spacial score (nSPS) is 9.80. The van der Waals surface area contributed by atoms with Gasteiger partial charge in [0.05, 0.1) is 0 Å². The molecule has 0 aliphatic carbocycles. The lowest BCUT2D eigenvalue weighted by Crippen LogP contribution is -2.06.